The monoisotopic (exact) mass is 801 g/mol. The summed E-state index contributed by atoms with van der Waals surface area (Å²) in [6, 6.07) is 6.89. The van der Waals surface area contributed by atoms with E-state index in [1.165, 1.54) is 6.07 Å². The number of carbonyl (C=O) groups excluding carboxylic acids is 4. The normalized spacial score (nSPS) is 15.1. The second kappa shape index (κ2) is 22.7. The lowest BCUT2D eigenvalue weighted by molar-refractivity contribution is -0.384. The molecule has 0 aromatic heterocycles. The van der Waals surface area contributed by atoms with Crippen LogP contribution in [0.3, 0.4) is 0 Å². The van der Waals surface area contributed by atoms with Crippen molar-refractivity contribution in [2.45, 2.75) is 98.4 Å². The van der Waals surface area contributed by atoms with Crippen molar-refractivity contribution in [3.05, 3.63) is 56.0 Å². The number of aliphatic hydroxyl groups is 1. The van der Waals surface area contributed by atoms with Gasteiger partial charge >= 0.3 is 12.2 Å². The molecule has 19 heteroatoms. The standard InChI is InChI=1S/C14H16BrN3O5.C14H19N3O3.C2H6O.C2H6.CH2O2.H3N/c1-14(2,3)23-13(20)16-9-5-7-4-8(15)6-10(18(21)22)11(7)17-12(9)19;1-14(2,3)20-13(19)16-10-7-8-5-4-6-9(15)11(8)17-12(10)18;1-2-3;1-2;2-1-3;/h4,6,9H,5H2,1-3H3,(H,16,20)(H,17,19);4-6,10H,7,15H2,1-3H3,(H,16,19)(H,17,18);3H,2H2,1H3;1-2H3;1H,(H,2,3);1H3. The van der Waals surface area contributed by atoms with Gasteiger partial charge in [0.1, 0.15) is 29.0 Å². The number of nitro benzene ring substituents is 1. The fraction of sp³-hybridized carbons (Fsp3) is 0.485. The average Bonchev–Trinajstić information content (AvgIpc) is 2.99. The topological polar surface area (TPSA) is 297 Å². The first kappa shape index (κ1) is 49.1. The van der Waals surface area contributed by atoms with Crippen molar-refractivity contribution < 1.29 is 48.6 Å². The van der Waals surface area contributed by atoms with Crippen molar-refractivity contribution >= 4 is 69.2 Å². The molecule has 0 aliphatic carbocycles. The smallest absolute Gasteiger partial charge is 0.408 e. The lowest BCUT2D eigenvalue weighted by atomic mass is 9.98. The number of hydrogen-bond acceptors (Lipinski definition) is 12. The Bertz CT molecular complexity index is 1530. The number of nitrogens with one attached hydrogen (secondary N) is 4. The molecule has 0 spiro atoms. The molecule has 2 heterocycles. The Hall–Kier alpha value is -5.01. The van der Waals surface area contributed by atoms with Crippen molar-refractivity contribution in [1.29, 1.82) is 0 Å². The largest absolute Gasteiger partial charge is 0.483 e. The number of rotatable bonds is 3. The van der Waals surface area contributed by atoms with E-state index in [2.05, 4.69) is 37.2 Å². The molecule has 0 radical (unpaired) electrons. The average molecular weight is 803 g/mol. The summed E-state index contributed by atoms with van der Waals surface area (Å²) in [5.74, 6) is -0.810. The first-order valence-electron chi connectivity index (χ1n) is 15.8. The Morgan fingerprint density at radius 2 is 1.37 bits per heavy atom. The van der Waals surface area contributed by atoms with Crippen molar-refractivity contribution in [1.82, 2.24) is 16.8 Å². The van der Waals surface area contributed by atoms with Gasteiger partial charge in [-0.05, 0) is 71.7 Å². The molecule has 52 heavy (non-hydrogen) atoms. The number of amides is 4. The number of aliphatic hydroxyl groups excluding tert-OH is 1. The third-order valence-electron chi connectivity index (χ3n) is 5.90. The molecule has 2 atom stereocenters. The van der Waals surface area contributed by atoms with Gasteiger partial charge in [-0.2, -0.15) is 0 Å². The number of ether oxygens (including phenoxy) is 2. The summed E-state index contributed by atoms with van der Waals surface area (Å²) < 4.78 is 10.8. The minimum absolute atomic E-state index is 0. The predicted octanol–water partition coefficient (Wildman–Crippen LogP) is 5.29. The molecule has 2 aromatic rings. The summed E-state index contributed by atoms with van der Waals surface area (Å²) in [7, 11) is 0. The lowest BCUT2D eigenvalue weighted by Crippen LogP contribution is -2.49. The van der Waals surface area contributed by atoms with Gasteiger partial charge in [-0.15, -0.1) is 0 Å². The maximum absolute atomic E-state index is 12.1. The van der Waals surface area contributed by atoms with Crippen LogP contribution in [0.4, 0.5) is 32.3 Å². The number of fused-ring (bicyclic) bond motifs is 2. The van der Waals surface area contributed by atoms with Crippen LogP contribution in [-0.4, -0.2) is 75.5 Å². The van der Waals surface area contributed by atoms with Crippen LogP contribution < -0.4 is 33.2 Å². The summed E-state index contributed by atoms with van der Waals surface area (Å²) in [5, 5.41) is 35.8. The van der Waals surface area contributed by atoms with Crippen molar-refractivity contribution in [2.75, 3.05) is 23.0 Å². The summed E-state index contributed by atoms with van der Waals surface area (Å²) >= 11 is 3.21. The van der Waals surface area contributed by atoms with Crippen LogP contribution in [0, 0.1) is 10.1 Å². The first-order chi connectivity index (χ1) is 23.7. The summed E-state index contributed by atoms with van der Waals surface area (Å²) in [6.07, 6.45) is -0.790. The SMILES string of the molecule is CC.CC(C)(C)OC(=O)NC1Cc2cc(Br)cc([N+](=O)[O-])c2NC1=O.CC(C)(C)OC(=O)NC1Cc2cccc(N)c2NC1=O.CCO.N.O=CO. The number of nitrogens with two attached hydrogens (primary N) is 1. The lowest BCUT2D eigenvalue weighted by Gasteiger charge is -2.27. The van der Waals surface area contributed by atoms with E-state index in [1.807, 2.05) is 26.0 Å². The van der Waals surface area contributed by atoms with Crippen LogP contribution >= 0.6 is 15.9 Å². The highest BCUT2D eigenvalue weighted by Crippen LogP contribution is 2.35. The molecule has 4 rings (SSSR count). The molecule has 0 bridgehead atoms. The van der Waals surface area contributed by atoms with E-state index in [1.54, 1.807) is 60.6 Å². The van der Waals surface area contributed by atoms with Crippen molar-refractivity contribution in [3.63, 3.8) is 0 Å². The zero-order chi connectivity index (χ0) is 39.7. The summed E-state index contributed by atoms with van der Waals surface area (Å²) in [6.45, 7) is 16.1. The van der Waals surface area contributed by atoms with Crippen molar-refractivity contribution in [3.8, 4) is 0 Å². The van der Waals surface area contributed by atoms with Crippen LogP contribution in [-0.2, 0) is 36.7 Å². The molecule has 2 aliphatic rings. The number of carboxylic acid groups (broad SMARTS) is 1. The molecule has 0 saturated heterocycles. The van der Waals surface area contributed by atoms with Crippen molar-refractivity contribution in [2.24, 2.45) is 0 Å². The highest BCUT2D eigenvalue weighted by molar-refractivity contribution is 9.10. The minimum Gasteiger partial charge on any atom is -0.483 e. The number of nitrogen functional groups attached to an aromatic ring is 1. The van der Waals surface area contributed by atoms with E-state index in [-0.39, 0.29) is 42.9 Å². The molecule has 0 saturated carbocycles. The van der Waals surface area contributed by atoms with Gasteiger partial charge < -0.3 is 52.8 Å². The number of nitrogens with zero attached hydrogens (tertiary/aromatic N) is 1. The summed E-state index contributed by atoms with van der Waals surface area (Å²) in [5.41, 5.74) is 7.08. The molecular weight excluding hydrogens is 750 g/mol. The number of halogens is 1. The Morgan fingerprint density at radius 3 is 1.77 bits per heavy atom. The maximum Gasteiger partial charge on any atom is 0.408 e. The number of anilines is 3. The summed E-state index contributed by atoms with van der Waals surface area (Å²) in [4.78, 5) is 66.5. The molecule has 0 fully saturated rings. The van der Waals surface area contributed by atoms with E-state index < -0.39 is 46.3 Å². The van der Waals surface area contributed by atoms with Crippen LogP contribution in [0.1, 0.15) is 73.4 Å². The van der Waals surface area contributed by atoms with Gasteiger partial charge in [0.25, 0.3) is 12.2 Å². The molecule has 292 valence electrons. The number of alkyl carbamates (subject to hydrolysis) is 2. The predicted molar refractivity (Wildman–Crippen MR) is 200 cm³/mol. The van der Waals surface area contributed by atoms with E-state index in [0.29, 0.717) is 27.8 Å². The van der Waals surface area contributed by atoms with Gasteiger partial charge in [-0.25, -0.2) is 9.59 Å². The fourth-order valence-corrected chi connectivity index (χ4v) is 4.71. The minimum atomic E-state index is -0.855. The van der Waals surface area contributed by atoms with Gasteiger partial charge in [0.2, 0.25) is 11.8 Å². The van der Waals surface area contributed by atoms with E-state index in [0.717, 1.165) is 5.56 Å². The molecule has 2 aromatic carbocycles. The zero-order valence-corrected chi connectivity index (χ0v) is 32.5. The van der Waals surface area contributed by atoms with Gasteiger partial charge in [-0.3, -0.25) is 24.5 Å². The molecule has 2 unspecified atom stereocenters. The Morgan fingerprint density at radius 1 is 0.962 bits per heavy atom. The maximum atomic E-state index is 12.1. The van der Waals surface area contributed by atoms with Crippen LogP contribution in [0.15, 0.2) is 34.8 Å². The number of nitro groups is 1. The van der Waals surface area contributed by atoms with Crippen LogP contribution in [0.5, 0.6) is 0 Å². The van der Waals surface area contributed by atoms with Gasteiger partial charge in [0.05, 0.1) is 16.3 Å². The second-order valence-corrected chi connectivity index (χ2v) is 13.2. The quantitative estimate of drug-likeness (QED) is 0.0848. The number of hydrogen-bond donors (Lipinski definition) is 8. The molecule has 11 N–H and O–H groups in total. The molecule has 2 aliphatic heterocycles. The van der Waals surface area contributed by atoms with Crippen LogP contribution in [0.25, 0.3) is 0 Å². The van der Waals surface area contributed by atoms with Gasteiger partial charge in [-0.1, -0.05) is 41.9 Å². The van der Waals surface area contributed by atoms with E-state index in [9.17, 15) is 29.3 Å². The number of benzene rings is 2. The highest BCUT2D eigenvalue weighted by Gasteiger charge is 2.34. The third kappa shape index (κ3) is 17.3. The van der Waals surface area contributed by atoms with Gasteiger partial charge in [0.15, 0.2) is 0 Å². The number of carbonyl (C=O) groups is 5. The second-order valence-electron chi connectivity index (χ2n) is 12.3. The molecular formula is C33H52BrN7O11. The Balaban J connectivity index is 0. The Kier molecular flexibility index (Phi) is 21.5. The number of para-hydroxylation sites is 1. The highest BCUT2D eigenvalue weighted by atomic mass is 79.9. The van der Waals surface area contributed by atoms with E-state index in [4.69, 9.17) is 30.2 Å². The first-order valence-corrected chi connectivity index (χ1v) is 16.6. The third-order valence-corrected chi connectivity index (χ3v) is 6.36. The van der Waals surface area contributed by atoms with E-state index >= 15 is 0 Å². The zero-order valence-electron chi connectivity index (χ0n) is 30.9. The molecule has 18 nitrogen and oxygen atoms in total. The van der Waals surface area contributed by atoms with Crippen LogP contribution in [0.2, 0.25) is 0 Å². The Labute approximate surface area is 311 Å². The molecule has 4 amide bonds. The fourth-order valence-electron chi connectivity index (χ4n) is 4.22. The van der Waals surface area contributed by atoms with Gasteiger partial charge in [0, 0.05) is 30.0 Å².